The summed E-state index contributed by atoms with van der Waals surface area (Å²) in [5.74, 6) is 0.167. The van der Waals surface area contributed by atoms with E-state index in [9.17, 15) is 4.79 Å². The van der Waals surface area contributed by atoms with E-state index < -0.39 is 5.97 Å². The Morgan fingerprint density at radius 3 is 2.79 bits per heavy atom. The predicted molar refractivity (Wildman–Crippen MR) is 74.4 cm³/mol. The molecule has 0 bridgehead atoms. The molecule has 6 heteroatoms. The number of anilines is 2. The molecule has 0 aliphatic heterocycles. The number of carbonyl (C=O) groups is 1. The van der Waals surface area contributed by atoms with Crippen LogP contribution in [0.3, 0.4) is 0 Å². The van der Waals surface area contributed by atoms with Crippen molar-refractivity contribution in [3.63, 3.8) is 0 Å². The van der Waals surface area contributed by atoms with Gasteiger partial charge in [0.25, 0.3) is 0 Å². The van der Waals surface area contributed by atoms with Gasteiger partial charge in [0.2, 0.25) is 0 Å². The molecule has 2 N–H and O–H groups in total. The van der Waals surface area contributed by atoms with Crippen LogP contribution in [0.5, 0.6) is 0 Å². The molecule has 0 unspecified atom stereocenters. The van der Waals surface area contributed by atoms with Gasteiger partial charge in [-0.05, 0) is 19.9 Å². The van der Waals surface area contributed by atoms with E-state index >= 15 is 0 Å². The SMILES string of the molecule is CCOC(=O)c1cc(N)cnc1N(CC)CCOC. The van der Waals surface area contributed by atoms with E-state index in [2.05, 4.69) is 4.98 Å². The largest absolute Gasteiger partial charge is 0.462 e. The lowest BCUT2D eigenvalue weighted by Gasteiger charge is -2.23. The summed E-state index contributed by atoms with van der Waals surface area (Å²) in [6, 6.07) is 1.59. The van der Waals surface area contributed by atoms with Crippen molar-refractivity contribution in [2.45, 2.75) is 13.8 Å². The number of pyridine rings is 1. The molecule has 0 saturated heterocycles. The lowest BCUT2D eigenvalue weighted by molar-refractivity contribution is 0.0526. The first-order valence-electron chi connectivity index (χ1n) is 6.30. The van der Waals surface area contributed by atoms with E-state index in [-0.39, 0.29) is 0 Å². The second kappa shape index (κ2) is 7.58. The molecule has 0 fully saturated rings. The van der Waals surface area contributed by atoms with Crippen molar-refractivity contribution in [2.24, 2.45) is 0 Å². The third kappa shape index (κ3) is 4.10. The maximum Gasteiger partial charge on any atom is 0.341 e. The maximum absolute atomic E-state index is 11.9. The molecule has 0 amide bonds. The highest BCUT2D eigenvalue weighted by molar-refractivity contribution is 5.95. The molecule has 106 valence electrons. The summed E-state index contributed by atoms with van der Waals surface area (Å²) >= 11 is 0. The first kappa shape index (κ1) is 15.2. The molecule has 0 atom stereocenters. The number of methoxy groups -OCH3 is 1. The van der Waals surface area contributed by atoms with Gasteiger partial charge in [-0.3, -0.25) is 0 Å². The third-order valence-corrected chi connectivity index (χ3v) is 2.63. The Bertz CT molecular complexity index is 424. The zero-order chi connectivity index (χ0) is 14.3. The monoisotopic (exact) mass is 267 g/mol. The Balaban J connectivity index is 3.06. The van der Waals surface area contributed by atoms with Crippen molar-refractivity contribution in [3.8, 4) is 0 Å². The number of nitrogens with two attached hydrogens (primary N) is 1. The van der Waals surface area contributed by atoms with Crippen LogP contribution in [0.15, 0.2) is 12.3 Å². The number of hydrogen-bond donors (Lipinski definition) is 1. The lowest BCUT2D eigenvalue weighted by atomic mass is 10.2. The minimum Gasteiger partial charge on any atom is -0.462 e. The zero-order valence-electron chi connectivity index (χ0n) is 11.7. The third-order valence-electron chi connectivity index (χ3n) is 2.63. The number of nitrogens with zero attached hydrogens (tertiary/aromatic N) is 2. The number of rotatable bonds is 7. The first-order valence-corrected chi connectivity index (χ1v) is 6.30. The number of esters is 1. The standard InChI is InChI=1S/C13H21N3O3/c1-4-16(6-7-18-3)12-11(13(17)19-5-2)8-10(14)9-15-12/h8-9H,4-7,14H2,1-3H3. The number of aromatic nitrogens is 1. The van der Waals surface area contributed by atoms with Crippen LogP contribution in [-0.4, -0.2) is 44.4 Å². The number of ether oxygens (including phenoxy) is 2. The van der Waals surface area contributed by atoms with Crippen LogP contribution in [0.2, 0.25) is 0 Å². The van der Waals surface area contributed by atoms with Crippen LogP contribution < -0.4 is 10.6 Å². The molecular formula is C13H21N3O3. The topological polar surface area (TPSA) is 77.7 Å². The Morgan fingerprint density at radius 1 is 1.47 bits per heavy atom. The molecule has 0 aliphatic rings. The minimum absolute atomic E-state index is 0.317. The van der Waals surface area contributed by atoms with Gasteiger partial charge in [0, 0.05) is 20.2 Å². The van der Waals surface area contributed by atoms with Gasteiger partial charge in [-0.25, -0.2) is 9.78 Å². The summed E-state index contributed by atoms with van der Waals surface area (Å²) in [6.45, 7) is 5.99. The van der Waals surface area contributed by atoms with Crippen LogP contribution in [-0.2, 0) is 9.47 Å². The molecule has 0 aromatic carbocycles. The molecule has 1 rings (SSSR count). The second-order valence-corrected chi connectivity index (χ2v) is 3.93. The van der Waals surface area contributed by atoms with Crippen molar-refractivity contribution in [2.75, 3.05) is 44.0 Å². The smallest absolute Gasteiger partial charge is 0.341 e. The summed E-state index contributed by atoms with van der Waals surface area (Å²) in [7, 11) is 1.64. The van der Waals surface area contributed by atoms with Gasteiger partial charge in [-0.2, -0.15) is 0 Å². The van der Waals surface area contributed by atoms with Crippen molar-refractivity contribution >= 4 is 17.5 Å². The van der Waals surface area contributed by atoms with E-state index in [0.29, 0.717) is 43.4 Å². The Labute approximate surface area is 113 Å². The Kier molecular flexibility index (Phi) is 6.08. The highest BCUT2D eigenvalue weighted by atomic mass is 16.5. The van der Waals surface area contributed by atoms with E-state index in [1.807, 2.05) is 11.8 Å². The lowest BCUT2D eigenvalue weighted by Crippen LogP contribution is -2.29. The van der Waals surface area contributed by atoms with Crippen molar-refractivity contribution in [1.29, 1.82) is 0 Å². The molecule has 0 radical (unpaired) electrons. The van der Waals surface area contributed by atoms with Gasteiger partial charge in [0.05, 0.1) is 25.1 Å². The average molecular weight is 267 g/mol. The van der Waals surface area contributed by atoms with Gasteiger partial charge >= 0.3 is 5.97 Å². The molecule has 0 spiro atoms. The molecule has 19 heavy (non-hydrogen) atoms. The van der Waals surface area contributed by atoms with Gasteiger partial charge in [0.1, 0.15) is 11.4 Å². The highest BCUT2D eigenvalue weighted by Crippen LogP contribution is 2.20. The number of nitrogen functional groups attached to an aromatic ring is 1. The Morgan fingerprint density at radius 2 is 2.21 bits per heavy atom. The van der Waals surface area contributed by atoms with Crippen LogP contribution in [0, 0.1) is 0 Å². The summed E-state index contributed by atoms with van der Waals surface area (Å²) < 4.78 is 10.1. The molecular weight excluding hydrogens is 246 g/mol. The molecule has 0 aliphatic carbocycles. The minimum atomic E-state index is -0.409. The van der Waals surface area contributed by atoms with Crippen LogP contribution >= 0.6 is 0 Å². The van der Waals surface area contributed by atoms with Crippen LogP contribution in [0.4, 0.5) is 11.5 Å². The molecule has 1 aromatic heterocycles. The maximum atomic E-state index is 11.9. The fourth-order valence-corrected chi connectivity index (χ4v) is 1.70. The molecule has 0 saturated carbocycles. The summed E-state index contributed by atoms with van der Waals surface area (Å²) in [6.07, 6.45) is 1.54. The van der Waals surface area contributed by atoms with E-state index in [4.69, 9.17) is 15.2 Å². The predicted octanol–water partition coefficient (Wildman–Crippen LogP) is 1.31. The molecule has 6 nitrogen and oxygen atoms in total. The zero-order valence-corrected chi connectivity index (χ0v) is 11.7. The van der Waals surface area contributed by atoms with Gasteiger partial charge in [-0.15, -0.1) is 0 Å². The van der Waals surface area contributed by atoms with Gasteiger partial charge in [0.15, 0.2) is 0 Å². The average Bonchev–Trinajstić information content (AvgIpc) is 2.41. The van der Waals surface area contributed by atoms with Crippen molar-refractivity contribution in [1.82, 2.24) is 4.98 Å². The van der Waals surface area contributed by atoms with Crippen LogP contribution in [0.1, 0.15) is 24.2 Å². The second-order valence-electron chi connectivity index (χ2n) is 3.93. The van der Waals surface area contributed by atoms with E-state index in [0.717, 1.165) is 0 Å². The highest BCUT2D eigenvalue weighted by Gasteiger charge is 2.18. The fourth-order valence-electron chi connectivity index (χ4n) is 1.70. The quantitative estimate of drug-likeness (QED) is 0.751. The van der Waals surface area contributed by atoms with Crippen molar-refractivity contribution < 1.29 is 14.3 Å². The summed E-state index contributed by atoms with van der Waals surface area (Å²) in [5.41, 5.74) is 6.52. The van der Waals surface area contributed by atoms with E-state index in [1.165, 1.54) is 6.20 Å². The summed E-state index contributed by atoms with van der Waals surface area (Å²) in [4.78, 5) is 18.1. The number of hydrogen-bond acceptors (Lipinski definition) is 6. The van der Waals surface area contributed by atoms with Crippen molar-refractivity contribution in [3.05, 3.63) is 17.8 Å². The molecule has 1 heterocycles. The molecule has 1 aromatic rings. The van der Waals surface area contributed by atoms with Gasteiger partial charge < -0.3 is 20.1 Å². The summed E-state index contributed by atoms with van der Waals surface area (Å²) in [5, 5.41) is 0. The normalized spacial score (nSPS) is 10.3. The number of carbonyl (C=O) groups excluding carboxylic acids is 1. The number of likely N-dealkylation sites (N-methyl/N-ethyl adjacent to an activating group) is 1. The van der Waals surface area contributed by atoms with E-state index in [1.54, 1.807) is 20.1 Å². The van der Waals surface area contributed by atoms with Gasteiger partial charge in [-0.1, -0.05) is 0 Å². The first-order chi connectivity index (χ1) is 9.13. The fraction of sp³-hybridized carbons (Fsp3) is 0.538. The Hall–Kier alpha value is -1.82. The van der Waals surface area contributed by atoms with Crippen LogP contribution in [0.25, 0.3) is 0 Å².